The highest BCUT2D eigenvalue weighted by Gasteiger charge is 2.30. The summed E-state index contributed by atoms with van der Waals surface area (Å²) in [6.45, 7) is 4.65. The van der Waals surface area contributed by atoms with Gasteiger partial charge in [-0.3, -0.25) is 37.3 Å². The lowest BCUT2D eigenvalue weighted by Gasteiger charge is -2.21. The van der Waals surface area contributed by atoms with Crippen molar-refractivity contribution in [2.45, 2.75) is 341 Å². The van der Waals surface area contributed by atoms with Crippen LogP contribution in [0, 0.1) is 0 Å². The molecule has 0 aliphatic carbocycles. The van der Waals surface area contributed by atoms with Gasteiger partial charge in [-0.25, -0.2) is 9.13 Å². The first-order valence-corrected chi connectivity index (χ1v) is 42.1. The van der Waals surface area contributed by atoms with Crippen LogP contribution in [-0.4, -0.2) is 96.7 Å². The Hall–Kier alpha value is -4.28. The van der Waals surface area contributed by atoms with E-state index in [4.69, 9.17) is 37.0 Å². The predicted molar refractivity (Wildman–Crippen MR) is 408 cm³/mol. The highest BCUT2D eigenvalue weighted by atomic mass is 31.2. The molecule has 0 aromatic heterocycles. The Labute approximate surface area is 607 Å². The molecule has 0 spiro atoms. The molecular formula is C81H140O17P2. The van der Waals surface area contributed by atoms with E-state index < -0.39 is 97.5 Å². The van der Waals surface area contributed by atoms with Crippen molar-refractivity contribution in [1.82, 2.24) is 0 Å². The van der Waals surface area contributed by atoms with Gasteiger partial charge in [-0.05, 0) is 154 Å². The molecule has 5 unspecified atom stereocenters. The van der Waals surface area contributed by atoms with Gasteiger partial charge >= 0.3 is 39.5 Å². The zero-order chi connectivity index (χ0) is 73.2. The van der Waals surface area contributed by atoms with E-state index in [1.54, 1.807) is 0 Å². The quantitative estimate of drug-likeness (QED) is 0.0169. The predicted octanol–water partition coefficient (Wildman–Crippen LogP) is 22.6. The Balaban J connectivity index is 5.38. The number of ether oxygens (including phenoxy) is 4. The zero-order valence-corrected chi connectivity index (χ0v) is 64.6. The van der Waals surface area contributed by atoms with Gasteiger partial charge in [0.25, 0.3) is 0 Å². The number of carbonyl (C=O) groups excluding carboxylic acids is 4. The van der Waals surface area contributed by atoms with Gasteiger partial charge in [-0.2, -0.15) is 0 Å². The molecule has 0 rings (SSSR count). The minimum Gasteiger partial charge on any atom is -0.462 e. The van der Waals surface area contributed by atoms with E-state index in [0.29, 0.717) is 25.7 Å². The summed E-state index contributed by atoms with van der Waals surface area (Å²) < 4.78 is 68.5. The van der Waals surface area contributed by atoms with Crippen molar-refractivity contribution in [1.29, 1.82) is 0 Å². The molecule has 0 heterocycles. The molecule has 19 heteroatoms. The zero-order valence-electron chi connectivity index (χ0n) is 62.8. The third-order valence-electron chi connectivity index (χ3n) is 16.2. The summed E-state index contributed by atoms with van der Waals surface area (Å²) in [5, 5.41) is 10.6. The molecule has 0 saturated heterocycles. The molecule has 100 heavy (non-hydrogen) atoms. The van der Waals surface area contributed by atoms with Crippen molar-refractivity contribution in [3.05, 3.63) is 109 Å². The van der Waals surface area contributed by atoms with Crippen LogP contribution in [0.25, 0.3) is 0 Å². The average molecular weight is 1450 g/mol. The van der Waals surface area contributed by atoms with Crippen LogP contribution in [0.1, 0.15) is 323 Å². The van der Waals surface area contributed by atoms with Crippen LogP contribution in [-0.2, 0) is 65.4 Å². The molecular weight excluding hydrogens is 1310 g/mol. The lowest BCUT2D eigenvalue weighted by molar-refractivity contribution is -0.161. The third kappa shape index (κ3) is 72.1. The molecule has 0 aliphatic rings. The monoisotopic (exact) mass is 1450 g/mol. The summed E-state index contributed by atoms with van der Waals surface area (Å²) >= 11 is 0. The standard InChI is InChI=1S/C81H140O17P2/c1-5-9-13-17-21-25-29-33-35-36-37-38-40-44-46-50-54-58-62-66-79(84)92-72-77(98-81(86)68-64-60-56-52-48-42-32-28-24-20-16-12-8-4)74-96-100(89,90)94-70-75(82)69-93-99(87,88)95-73-76(97-80(85)67-63-59-55-51-47-41-31-27-23-19-15-11-7-3)71-91-78(83)65-61-57-53-49-45-43-39-34-30-26-22-18-14-10-6-2/h9,13,21-22,25-28,31-35,37-39,44,46,75-77,82H,5-8,10-12,14-20,23-24,29-30,36,40-43,45,47-74H2,1-4H3,(H,87,88)(H,89,90)/b13-9-,25-21-,26-22-,31-27-,32-28-,35-33-,38-37-,39-34-,46-44-. The number of allylic oxidation sites excluding steroid dienone is 18. The van der Waals surface area contributed by atoms with Crippen molar-refractivity contribution in [2.75, 3.05) is 39.6 Å². The largest absolute Gasteiger partial charge is 0.472 e. The SMILES string of the molecule is CC/C=C\C/C=C\C/C=C\C/C=C\C/C=C\CCCCCC(=O)OCC(COP(=O)(O)OCC(O)COP(=O)(O)OCC(COC(=O)CCCCCCC/C=C\C/C=C\CCCCC)OC(=O)CCCCCCC/C=C\CCCCCC)OC(=O)CCCCCCC/C=C\CCCCCC. The van der Waals surface area contributed by atoms with Gasteiger partial charge in [0.2, 0.25) is 0 Å². The Kier molecular flexibility index (Phi) is 69.9. The van der Waals surface area contributed by atoms with Gasteiger partial charge in [-0.15, -0.1) is 0 Å². The second kappa shape index (κ2) is 73.0. The van der Waals surface area contributed by atoms with Crippen LogP contribution in [0.2, 0.25) is 0 Å². The molecule has 0 saturated carbocycles. The van der Waals surface area contributed by atoms with Gasteiger partial charge < -0.3 is 33.8 Å². The number of phosphoric ester groups is 2. The fourth-order valence-corrected chi connectivity index (χ4v) is 11.8. The number of hydrogen-bond acceptors (Lipinski definition) is 15. The van der Waals surface area contributed by atoms with Crippen molar-refractivity contribution in [3.63, 3.8) is 0 Å². The first-order valence-electron chi connectivity index (χ1n) is 39.1. The van der Waals surface area contributed by atoms with Crippen LogP contribution in [0.15, 0.2) is 109 Å². The van der Waals surface area contributed by atoms with Crippen LogP contribution in [0.3, 0.4) is 0 Å². The molecule has 0 aromatic rings. The molecule has 3 N–H and O–H groups in total. The molecule has 5 atom stereocenters. The van der Waals surface area contributed by atoms with Crippen LogP contribution in [0.5, 0.6) is 0 Å². The van der Waals surface area contributed by atoms with E-state index in [0.717, 1.165) is 173 Å². The van der Waals surface area contributed by atoms with E-state index in [9.17, 15) is 43.2 Å². The van der Waals surface area contributed by atoms with E-state index in [1.807, 2.05) is 0 Å². The molecule has 576 valence electrons. The summed E-state index contributed by atoms with van der Waals surface area (Å²) in [7, 11) is -9.97. The summed E-state index contributed by atoms with van der Waals surface area (Å²) in [6.07, 6.45) is 77.8. The van der Waals surface area contributed by atoms with Crippen molar-refractivity contribution in [2.24, 2.45) is 0 Å². The van der Waals surface area contributed by atoms with Gasteiger partial charge in [0, 0.05) is 25.7 Å². The maximum atomic E-state index is 13.1. The van der Waals surface area contributed by atoms with Gasteiger partial charge in [0.15, 0.2) is 12.2 Å². The maximum Gasteiger partial charge on any atom is 0.472 e. The Bertz CT molecular complexity index is 2320. The van der Waals surface area contributed by atoms with Gasteiger partial charge in [0.05, 0.1) is 26.4 Å². The Morgan fingerprint density at radius 3 is 0.840 bits per heavy atom. The highest BCUT2D eigenvalue weighted by molar-refractivity contribution is 7.47. The first-order chi connectivity index (χ1) is 48.7. The topological polar surface area (TPSA) is 237 Å². The van der Waals surface area contributed by atoms with Crippen molar-refractivity contribution < 1.29 is 80.2 Å². The molecule has 0 fully saturated rings. The molecule has 0 bridgehead atoms. The van der Waals surface area contributed by atoms with E-state index in [1.165, 1.54) is 70.6 Å². The van der Waals surface area contributed by atoms with Gasteiger partial charge in [0.1, 0.15) is 19.3 Å². The fraction of sp³-hybridized carbons (Fsp3) is 0.728. The normalized spacial score (nSPS) is 14.5. The number of hydrogen-bond donors (Lipinski definition) is 3. The minimum absolute atomic E-state index is 0.0758. The Morgan fingerprint density at radius 1 is 0.290 bits per heavy atom. The van der Waals surface area contributed by atoms with Crippen LogP contribution < -0.4 is 0 Å². The molecule has 0 amide bonds. The lowest BCUT2D eigenvalue weighted by atomic mass is 10.1. The van der Waals surface area contributed by atoms with Crippen molar-refractivity contribution >= 4 is 39.5 Å². The number of aliphatic hydroxyl groups is 1. The summed E-state index contributed by atoms with van der Waals surface area (Å²) in [5.41, 5.74) is 0. The first kappa shape index (κ1) is 95.7. The fourth-order valence-electron chi connectivity index (χ4n) is 10.2. The van der Waals surface area contributed by atoms with Crippen LogP contribution in [0.4, 0.5) is 0 Å². The molecule has 0 radical (unpaired) electrons. The number of unbranched alkanes of at least 4 members (excludes halogenated alkanes) is 29. The second-order valence-corrected chi connectivity index (χ2v) is 28.8. The molecule has 17 nitrogen and oxygen atoms in total. The highest BCUT2D eigenvalue weighted by Crippen LogP contribution is 2.45. The van der Waals surface area contributed by atoms with Crippen LogP contribution >= 0.6 is 15.6 Å². The number of esters is 4. The Morgan fingerprint density at radius 2 is 0.520 bits per heavy atom. The summed E-state index contributed by atoms with van der Waals surface area (Å²) in [6, 6.07) is 0. The van der Waals surface area contributed by atoms with E-state index in [-0.39, 0.29) is 25.7 Å². The average Bonchev–Trinajstić information content (AvgIpc) is 0.935. The number of phosphoric acid groups is 2. The van der Waals surface area contributed by atoms with E-state index in [2.05, 4.69) is 137 Å². The number of aliphatic hydroxyl groups excluding tert-OH is 1. The summed E-state index contributed by atoms with van der Waals surface area (Å²) in [5.74, 6) is -2.24. The lowest BCUT2D eigenvalue weighted by Crippen LogP contribution is -2.30. The smallest absolute Gasteiger partial charge is 0.462 e. The van der Waals surface area contributed by atoms with Crippen molar-refractivity contribution in [3.8, 4) is 0 Å². The van der Waals surface area contributed by atoms with Gasteiger partial charge in [-0.1, -0.05) is 253 Å². The summed E-state index contributed by atoms with van der Waals surface area (Å²) in [4.78, 5) is 72.9. The maximum absolute atomic E-state index is 13.1. The molecule has 0 aromatic carbocycles. The number of rotatable bonds is 73. The second-order valence-electron chi connectivity index (χ2n) is 25.9. The minimum atomic E-state index is -4.99. The number of carbonyl (C=O) groups is 4. The van der Waals surface area contributed by atoms with E-state index >= 15 is 0 Å². The molecule has 0 aliphatic heterocycles. The third-order valence-corrected chi connectivity index (χ3v) is 18.1.